The maximum Gasteiger partial charge on any atom is 0.150 e. The molecule has 0 aromatic carbocycles. The molecule has 1 heterocycles. The third-order valence-corrected chi connectivity index (χ3v) is 5.61. The second-order valence-electron chi connectivity index (χ2n) is 6.74. The largest absolute Gasteiger partial charge is 0.382 e. The molecule has 0 saturated heterocycles. The van der Waals surface area contributed by atoms with Gasteiger partial charge >= 0.3 is 0 Å². The summed E-state index contributed by atoms with van der Waals surface area (Å²) in [4.78, 5) is 8.21. The number of anilines is 2. The number of nitrogens with one attached hydrogen (secondary N) is 1. The van der Waals surface area contributed by atoms with Gasteiger partial charge in [-0.15, -0.1) is 0 Å². The van der Waals surface area contributed by atoms with Gasteiger partial charge in [-0.1, -0.05) is 11.6 Å². The minimum absolute atomic E-state index is 0.208. The highest BCUT2D eigenvalue weighted by atomic mass is 35.5. The minimum atomic E-state index is 0.208. The van der Waals surface area contributed by atoms with Gasteiger partial charge < -0.3 is 11.1 Å². The number of halogens is 1. The fraction of sp³-hybridized carbons (Fsp3) is 0.714. The van der Waals surface area contributed by atoms with Crippen LogP contribution in [0.15, 0.2) is 6.33 Å². The maximum absolute atomic E-state index is 6.22. The number of aromatic nitrogens is 2. The van der Waals surface area contributed by atoms with Crippen LogP contribution >= 0.6 is 11.6 Å². The van der Waals surface area contributed by atoms with E-state index in [0.717, 1.165) is 23.6 Å². The molecule has 102 valence electrons. The molecule has 0 atom stereocenters. The first-order chi connectivity index (χ1) is 9.13. The molecule has 3 N–H and O–H groups in total. The molecule has 0 aliphatic heterocycles. The summed E-state index contributed by atoms with van der Waals surface area (Å²) >= 11 is 6.22. The highest BCUT2D eigenvalue weighted by Crippen LogP contribution is 2.56. The number of hydrogen-bond acceptors (Lipinski definition) is 4. The van der Waals surface area contributed by atoms with Crippen LogP contribution < -0.4 is 11.1 Å². The molecule has 0 unspecified atom stereocenters. The van der Waals surface area contributed by atoms with Gasteiger partial charge in [0.1, 0.15) is 17.2 Å². The molecule has 4 fully saturated rings. The minimum Gasteiger partial charge on any atom is -0.382 e. The summed E-state index contributed by atoms with van der Waals surface area (Å²) < 4.78 is 0. The zero-order valence-electron chi connectivity index (χ0n) is 10.9. The molecule has 1 aromatic heterocycles. The first-order valence-electron chi connectivity index (χ1n) is 7.18. The van der Waals surface area contributed by atoms with E-state index in [1.165, 1.54) is 44.9 Å². The monoisotopic (exact) mass is 278 g/mol. The Bertz CT molecular complexity index is 481. The van der Waals surface area contributed by atoms with Crippen molar-refractivity contribution in [2.45, 2.75) is 44.1 Å². The smallest absolute Gasteiger partial charge is 0.150 e. The van der Waals surface area contributed by atoms with E-state index in [4.69, 9.17) is 17.3 Å². The highest BCUT2D eigenvalue weighted by molar-refractivity contribution is 6.35. The predicted octanol–water partition coefficient (Wildman–Crippen LogP) is 3.09. The van der Waals surface area contributed by atoms with Gasteiger partial charge in [-0.05, 0) is 56.3 Å². The Morgan fingerprint density at radius 1 is 1.11 bits per heavy atom. The summed E-state index contributed by atoms with van der Waals surface area (Å²) in [6, 6.07) is 0. The van der Waals surface area contributed by atoms with E-state index in [9.17, 15) is 0 Å². The second kappa shape index (κ2) is 3.98. The van der Waals surface area contributed by atoms with Crippen molar-refractivity contribution in [3.63, 3.8) is 0 Å². The third-order valence-electron chi connectivity index (χ3n) is 5.24. The molecule has 19 heavy (non-hydrogen) atoms. The fourth-order valence-corrected chi connectivity index (χ4v) is 5.13. The molecule has 4 nitrogen and oxygen atoms in total. The Morgan fingerprint density at radius 2 is 1.68 bits per heavy atom. The van der Waals surface area contributed by atoms with E-state index in [-0.39, 0.29) is 5.54 Å². The first-order valence-corrected chi connectivity index (χ1v) is 7.55. The van der Waals surface area contributed by atoms with E-state index >= 15 is 0 Å². The molecular weight excluding hydrogens is 260 g/mol. The van der Waals surface area contributed by atoms with Crippen molar-refractivity contribution in [3.8, 4) is 0 Å². The predicted molar refractivity (Wildman–Crippen MR) is 76.0 cm³/mol. The lowest BCUT2D eigenvalue weighted by Crippen LogP contribution is -2.54. The van der Waals surface area contributed by atoms with Gasteiger partial charge in [0, 0.05) is 5.54 Å². The van der Waals surface area contributed by atoms with E-state index < -0.39 is 0 Å². The van der Waals surface area contributed by atoms with Crippen LogP contribution in [-0.2, 0) is 0 Å². The number of nitrogen functional groups attached to an aromatic ring is 1. The van der Waals surface area contributed by atoms with Crippen molar-refractivity contribution in [1.29, 1.82) is 0 Å². The lowest BCUT2D eigenvalue weighted by atomic mass is 9.53. The second-order valence-corrected chi connectivity index (χ2v) is 7.12. The average molecular weight is 279 g/mol. The molecule has 4 bridgehead atoms. The summed E-state index contributed by atoms with van der Waals surface area (Å²) in [5.41, 5.74) is 5.97. The fourth-order valence-electron chi connectivity index (χ4n) is 4.99. The van der Waals surface area contributed by atoms with Crippen LogP contribution in [0.1, 0.15) is 38.5 Å². The molecular formula is C14H19ClN4. The van der Waals surface area contributed by atoms with Crippen LogP contribution in [0.3, 0.4) is 0 Å². The van der Waals surface area contributed by atoms with Gasteiger partial charge in [0.15, 0.2) is 5.82 Å². The van der Waals surface area contributed by atoms with Crippen molar-refractivity contribution in [2.24, 2.45) is 17.8 Å². The molecule has 1 aromatic rings. The number of rotatable bonds is 2. The van der Waals surface area contributed by atoms with Crippen molar-refractivity contribution in [3.05, 3.63) is 11.3 Å². The Labute approximate surface area is 118 Å². The van der Waals surface area contributed by atoms with Crippen molar-refractivity contribution >= 4 is 23.2 Å². The maximum atomic E-state index is 6.22. The molecule has 0 radical (unpaired) electrons. The lowest BCUT2D eigenvalue weighted by molar-refractivity contribution is 0.0105. The van der Waals surface area contributed by atoms with Crippen molar-refractivity contribution in [2.75, 3.05) is 11.1 Å². The van der Waals surface area contributed by atoms with Gasteiger partial charge in [0.05, 0.1) is 0 Å². The van der Waals surface area contributed by atoms with Crippen LogP contribution in [0.2, 0.25) is 5.02 Å². The van der Waals surface area contributed by atoms with Gasteiger partial charge in [0.2, 0.25) is 0 Å². The third kappa shape index (κ3) is 1.88. The molecule has 5 heteroatoms. The Kier molecular flexibility index (Phi) is 2.47. The molecule has 0 amide bonds. The van der Waals surface area contributed by atoms with Crippen molar-refractivity contribution in [1.82, 2.24) is 9.97 Å². The summed E-state index contributed by atoms with van der Waals surface area (Å²) in [5, 5.41) is 4.10. The Morgan fingerprint density at radius 3 is 2.26 bits per heavy atom. The summed E-state index contributed by atoms with van der Waals surface area (Å²) in [5.74, 6) is 3.78. The Balaban J connectivity index is 1.64. The summed E-state index contributed by atoms with van der Waals surface area (Å²) in [6.07, 6.45) is 9.57. The standard InChI is InChI=1S/C14H19ClN4/c15-11-12(16)17-7-18-13(11)19-14-4-8-1-9(5-14)3-10(2-8)6-14/h7-10H,1-6H2,(H3,16,17,18,19). The van der Waals surface area contributed by atoms with Gasteiger partial charge in [0.25, 0.3) is 0 Å². The number of hydrogen-bond donors (Lipinski definition) is 2. The zero-order chi connectivity index (χ0) is 13.0. The average Bonchev–Trinajstić information content (AvgIpc) is 2.33. The van der Waals surface area contributed by atoms with E-state index in [2.05, 4.69) is 15.3 Å². The highest BCUT2D eigenvalue weighted by Gasteiger charge is 2.51. The normalized spacial score (nSPS) is 39.5. The summed E-state index contributed by atoms with van der Waals surface area (Å²) in [6.45, 7) is 0. The van der Waals surface area contributed by atoms with E-state index in [1.54, 1.807) is 0 Å². The molecule has 5 rings (SSSR count). The summed E-state index contributed by atoms with van der Waals surface area (Å²) in [7, 11) is 0. The van der Waals surface area contributed by atoms with Gasteiger partial charge in [-0.25, -0.2) is 9.97 Å². The van der Waals surface area contributed by atoms with E-state index in [1.807, 2.05) is 0 Å². The van der Waals surface area contributed by atoms with Crippen LogP contribution in [0, 0.1) is 17.8 Å². The van der Waals surface area contributed by atoms with Gasteiger partial charge in [-0.3, -0.25) is 0 Å². The van der Waals surface area contributed by atoms with Crippen LogP contribution in [0.5, 0.6) is 0 Å². The molecule has 4 aliphatic rings. The van der Waals surface area contributed by atoms with Crippen LogP contribution in [0.25, 0.3) is 0 Å². The molecule has 4 saturated carbocycles. The van der Waals surface area contributed by atoms with Crippen LogP contribution in [-0.4, -0.2) is 15.5 Å². The van der Waals surface area contributed by atoms with E-state index in [0.29, 0.717) is 10.8 Å². The molecule has 0 spiro atoms. The van der Waals surface area contributed by atoms with Gasteiger partial charge in [-0.2, -0.15) is 0 Å². The quantitative estimate of drug-likeness (QED) is 0.873. The topological polar surface area (TPSA) is 63.8 Å². The first kappa shape index (κ1) is 11.8. The number of nitrogens with two attached hydrogens (primary N) is 1. The van der Waals surface area contributed by atoms with Crippen molar-refractivity contribution < 1.29 is 0 Å². The zero-order valence-corrected chi connectivity index (χ0v) is 11.7. The molecule has 4 aliphatic carbocycles. The number of nitrogens with zero attached hydrogens (tertiary/aromatic N) is 2. The lowest BCUT2D eigenvalue weighted by Gasteiger charge is -2.57. The SMILES string of the molecule is Nc1ncnc(NC23CC4CC(CC(C4)C2)C3)c1Cl. The van der Waals surface area contributed by atoms with Crippen LogP contribution in [0.4, 0.5) is 11.6 Å². The Hall–Kier alpha value is -1.03.